The molecule has 0 amide bonds. The number of ether oxygens (including phenoxy) is 1. The largest absolute Gasteiger partial charge is 0.469 e. The van der Waals surface area contributed by atoms with Crippen LogP contribution in [-0.4, -0.2) is 41.7 Å². The zero-order valence-corrected chi connectivity index (χ0v) is 19.1. The smallest absolute Gasteiger partial charge is 0.305 e. The number of aliphatic hydroxyl groups is 2. The fourth-order valence-electron chi connectivity index (χ4n) is 8.82. The lowest BCUT2D eigenvalue weighted by molar-refractivity contribution is -0.186. The highest BCUT2D eigenvalue weighted by molar-refractivity contribution is 5.69. The third-order valence-corrected chi connectivity index (χ3v) is 10.5. The van der Waals surface area contributed by atoms with Crippen molar-refractivity contribution in [1.82, 2.24) is 0 Å². The SMILES string of the molecule is COC(=O)CC[C@@H](C)[C@H]1CCC2C3C(CC[C@@]21C)[C@@]1(C)C[C@@H](F)[C@@H](O)C[C@H]1C[C@@H]3O. The summed E-state index contributed by atoms with van der Waals surface area (Å²) in [5.74, 6) is 2.17. The Morgan fingerprint density at radius 1 is 1.10 bits per heavy atom. The summed E-state index contributed by atoms with van der Waals surface area (Å²) in [6.45, 7) is 6.94. The van der Waals surface area contributed by atoms with Crippen LogP contribution in [0.4, 0.5) is 4.39 Å². The van der Waals surface area contributed by atoms with Crippen molar-refractivity contribution in [3.8, 4) is 0 Å². The summed E-state index contributed by atoms with van der Waals surface area (Å²) in [4.78, 5) is 11.6. The average Bonchev–Trinajstić information content (AvgIpc) is 3.05. The molecule has 3 unspecified atom stereocenters. The lowest BCUT2D eigenvalue weighted by Crippen LogP contribution is -2.60. The van der Waals surface area contributed by atoms with Crippen molar-refractivity contribution >= 4 is 5.97 Å². The van der Waals surface area contributed by atoms with Gasteiger partial charge in [-0.25, -0.2) is 4.39 Å². The Morgan fingerprint density at radius 3 is 2.47 bits per heavy atom. The van der Waals surface area contributed by atoms with Gasteiger partial charge in [-0.1, -0.05) is 20.8 Å². The fourth-order valence-corrected chi connectivity index (χ4v) is 8.82. The minimum absolute atomic E-state index is 0.113. The predicted octanol–water partition coefficient (Wildman–Crippen LogP) is 4.51. The zero-order valence-electron chi connectivity index (χ0n) is 19.1. The molecule has 4 aliphatic rings. The van der Waals surface area contributed by atoms with Crippen LogP contribution in [0.25, 0.3) is 0 Å². The molecule has 0 aromatic rings. The maximum absolute atomic E-state index is 14.6. The van der Waals surface area contributed by atoms with Gasteiger partial charge in [-0.05, 0) is 97.7 Å². The molecule has 2 N–H and O–H groups in total. The summed E-state index contributed by atoms with van der Waals surface area (Å²) in [7, 11) is 1.45. The molecule has 0 saturated heterocycles. The third kappa shape index (κ3) is 3.43. The molecular weight excluding hydrogens is 383 g/mol. The van der Waals surface area contributed by atoms with Crippen molar-refractivity contribution in [2.75, 3.05) is 7.11 Å². The van der Waals surface area contributed by atoms with Gasteiger partial charge in [0.25, 0.3) is 0 Å². The van der Waals surface area contributed by atoms with Crippen LogP contribution in [0.5, 0.6) is 0 Å². The van der Waals surface area contributed by atoms with Crippen LogP contribution < -0.4 is 0 Å². The van der Waals surface area contributed by atoms with Gasteiger partial charge in [-0.2, -0.15) is 0 Å². The standard InChI is InChI=1S/C25H41FO4/c1-14(5-8-22(29)30-4)16-6-7-17-23-18(9-10-24(16,17)2)25(3)13-19(26)20(27)11-15(25)12-21(23)28/h14-21,23,27-28H,5-13H2,1-4H3/t14-,15+,16-,17?,18?,19-,20+,21+,23?,24-,25+/m1/s1. The van der Waals surface area contributed by atoms with E-state index in [4.69, 9.17) is 4.74 Å². The molecule has 4 saturated carbocycles. The molecule has 11 atom stereocenters. The number of rotatable bonds is 4. The number of carbonyl (C=O) groups is 1. The van der Waals surface area contributed by atoms with Crippen molar-refractivity contribution < 1.29 is 24.1 Å². The highest BCUT2D eigenvalue weighted by atomic mass is 19.1. The summed E-state index contributed by atoms with van der Waals surface area (Å²) in [5.41, 5.74) is 0.0721. The molecule has 4 fully saturated rings. The van der Waals surface area contributed by atoms with E-state index in [9.17, 15) is 19.4 Å². The second-order valence-electron chi connectivity index (χ2n) is 11.6. The van der Waals surface area contributed by atoms with Crippen LogP contribution in [0.3, 0.4) is 0 Å². The van der Waals surface area contributed by atoms with Gasteiger partial charge in [0.05, 0.1) is 19.3 Å². The van der Waals surface area contributed by atoms with Crippen molar-refractivity contribution in [3.63, 3.8) is 0 Å². The number of aliphatic hydroxyl groups excluding tert-OH is 2. The normalized spacial score (nSPS) is 51.4. The Balaban J connectivity index is 1.54. The Morgan fingerprint density at radius 2 is 1.77 bits per heavy atom. The molecule has 0 heterocycles. The first-order valence-electron chi connectivity index (χ1n) is 12.2. The fraction of sp³-hybridized carbons (Fsp3) is 0.960. The number of fused-ring (bicyclic) bond motifs is 5. The number of alkyl halides is 1. The van der Waals surface area contributed by atoms with Crippen LogP contribution in [0.1, 0.15) is 78.6 Å². The summed E-state index contributed by atoms with van der Waals surface area (Å²) in [6, 6.07) is 0. The monoisotopic (exact) mass is 424 g/mol. The topological polar surface area (TPSA) is 66.8 Å². The van der Waals surface area contributed by atoms with Gasteiger partial charge < -0.3 is 14.9 Å². The molecule has 0 aromatic carbocycles. The summed E-state index contributed by atoms with van der Waals surface area (Å²) >= 11 is 0. The second kappa shape index (κ2) is 8.03. The van der Waals surface area contributed by atoms with Crippen LogP contribution in [0.2, 0.25) is 0 Å². The quantitative estimate of drug-likeness (QED) is 0.652. The van der Waals surface area contributed by atoms with Gasteiger partial charge in [-0.3, -0.25) is 4.79 Å². The van der Waals surface area contributed by atoms with Gasteiger partial charge in [0.1, 0.15) is 6.17 Å². The summed E-state index contributed by atoms with van der Waals surface area (Å²) in [6.07, 6.45) is 5.09. The summed E-state index contributed by atoms with van der Waals surface area (Å²) in [5, 5.41) is 21.4. The van der Waals surface area contributed by atoms with Crippen LogP contribution in [0, 0.1) is 46.3 Å². The van der Waals surface area contributed by atoms with Gasteiger partial charge in [0.15, 0.2) is 0 Å². The molecule has 172 valence electrons. The zero-order chi connectivity index (χ0) is 21.8. The van der Waals surface area contributed by atoms with Crippen LogP contribution in [0.15, 0.2) is 0 Å². The van der Waals surface area contributed by atoms with E-state index in [1.54, 1.807) is 0 Å². The first-order chi connectivity index (χ1) is 14.1. The molecule has 4 aliphatic carbocycles. The Hall–Kier alpha value is -0.680. The lowest BCUT2D eigenvalue weighted by atomic mass is 9.43. The maximum Gasteiger partial charge on any atom is 0.305 e. The van der Waals surface area contributed by atoms with E-state index >= 15 is 0 Å². The number of hydrogen-bond acceptors (Lipinski definition) is 4. The Bertz CT molecular complexity index is 655. The minimum Gasteiger partial charge on any atom is -0.469 e. The predicted molar refractivity (Wildman–Crippen MR) is 113 cm³/mol. The van der Waals surface area contributed by atoms with Crippen molar-refractivity contribution in [2.24, 2.45) is 46.3 Å². The van der Waals surface area contributed by atoms with E-state index in [-0.39, 0.29) is 34.7 Å². The molecule has 0 spiro atoms. The second-order valence-corrected chi connectivity index (χ2v) is 11.6. The molecule has 4 rings (SSSR count). The highest BCUT2D eigenvalue weighted by Crippen LogP contribution is 2.68. The van der Waals surface area contributed by atoms with E-state index in [0.29, 0.717) is 49.4 Å². The van der Waals surface area contributed by atoms with Crippen molar-refractivity contribution in [3.05, 3.63) is 0 Å². The Kier molecular flexibility index (Phi) is 6.02. The molecule has 0 radical (unpaired) electrons. The number of carbonyl (C=O) groups excluding carboxylic acids is 1. The molecule has 0 bridgehead atoms. The molecule has 0 aliphatic heterocycles. The number of methoxy groups -OCH3 is 1. The first kappa shape index (κ1) is 22.5. The summed E-state index contributed by atoms with van der Waals surface area (Å²) < 4.78 is 19.4. The molecule has 30 heavy (non-hydrogen) atoms. The van der Waals surface area contributed by atoms with Gasteiger partial charge in [0, 0.05) is 6.42 Å². The maximum atomic E-state index is 14.6. The van der Waals surface area contributed by atoms with Gasteiger partial charge in [0.2, 0.25) is 0 Å². The van der Waals surface area contributed by atoms with Crippen molar-refractivity contribution in [1.29, 1.82) is 0 Å². The number of hydrogen-bond donors (Lipinski definition) is 2. The Labute approximate surface area is 181 Å². The molecule has 0 aromatic heterocycles. The minimum atomic E-state index is -1.13. The number of halogens is 1. The third-order valence-electron chi connectivity index (χ3n) is 10.5. The van der Waals surface area contributed by atoms with E-state index < -0.39 is 12.3 Å². The van der Waals surface area contributed by atoms with E-state index in [1.807, 2.05) is 0 Å². The number of esters is 1. The molecular formula is C25H41FO4. The van der Waals surface area contributed by atoms with Crippen LogP contribution in [-0.2, 0) is 9.53 Å². The average molecular weight is 425 g/mol. The van der Waals surface area contributed by atoms with Gasteiger partial charge >= 0.3 is 5.97 Å². The molecule has 4 nitrogen and oxygen atoms in total. The van der Waals surface area contributed by atoms with Gasteiger partial charge in [-0.15, -0.1) is 0 Å². The first-order valence-corrected chi connectivity index (χ1v) is 12.2. The van der Waals surface area contributed by atoms with Crippen LogP contribution >= 0.6 is 0 Å². The highest BCUT2D eigenvalue weighted by Gasteiger charge is 2.63. The lowest BCUT2D eigenvalue weighted by Gasteiger charge is -2.62. The van der Waals surface area contributed by atoms with E-state index in [2.05, 4.69) is 20.8 Å². The molecule has 5 heteroatoms. The van der Waals surface area contributed by atoms with E-state index in [1.165, 1.54) is 7.11 Å². The van der Waals surface area contributed by atoms with Crippen molar-refractivity contribution in [2.45, 2.75) is 96.9 Å². The van der Waals surface area contributed by atoms with E-state index in [0.717, 1.165) is 32.1 Å².